The van der Waals surface area contributed by atoms with E-state index in [4.69, 9.17) is 18.9 Å². The van der Waals surface area contributed by atoms with Crippen molar-refractivity contribution in [1.29, 1.82) is 0 Å². The number of hydrogen-bond donors (Lipinski definition) is 9. The van der Waals surface area contributed by atoms with E-state index in [1.165, 1.54) is 0 Å². The van der Waals surface area contributed by atoms with Crippen molar-refractivity contribution in [1.82, 2.24) is 0 Å². The summed E-state index contributed by atoms with van der Waals surface area (Å²) in [6.45, 7) is 0. The molecule has 0 aromatic carbocycles. The first-order valence-electron chi connectivity index (χ1n) is 7.72. The van der Waals surface area contributed by atoms with Gasteiger partial charge in [0, 0.05) is 7.11 Å². The van der Waals surface area contributed by atoms with E-state index in [2.05, 4.69) is 0 Å². The molecule has 154 valence electrons. The van der Waals surface area contributed by atoms with Crippen LogP contribution in [0.2, 0.25) is 0 Å². The van der Waals surface area contributed by atoms with Gasteiger partial charge in [0.05, 0.1) is 0 Å². The van der Waals surface area contributed by atoms with Crippen LogP contribution in [0.3, 0.4) is 0 Å². The largest absolute Gasteiger partial charge is 0.387 e. The maximum absolute atomic E-state index is 10.2. The van der Waals surface area contributed by atoms with Gasteiger partial charge in [0.15, 0.2) is 25.2 Å². The van der Waals surface area contributed by atoms with Crippen LogP contribution in [0.1, 0.15) is 0 Å². The molecular formula is C13H24O13. The molecule has 0 radical (unpaired) electrons. The number of aliphatic hydroxyl groups excluding tert-OH is 7. The third kappa shape index (κ3) is 4.15. The molecule has 26 heavy (non-hydrogen) atoms. The van der Waals surface area contributed by atoms with E-state index in [9.17, 15) is 46.0 Å². The molecule has 0 bridgehead atoms. The highest BCUT2D eigenvalue weighted by Crippen LogP contribution is 2.30. The average molecular weight is 388 g/mol. The molecule has 2 fully saturated rings. The summed E-state index contributed by atoms with van der Waals surface area (Å²) in [5, 5.41) is 86.7. The van der Waals surface area contributed by atoms with Crippen molar-refractivity contribution in [3.63, 3.8) is 0 Å². The molecule has 0 aromatic heterocycles. The van der Waals surface area contributed by atoms with Crippen molar-refractivity contribution in [3.05, 3.63) is 0 Å². The zero-order chi connectivity index (χ0) is 19.8. The third-order valence-corrected chi connectivity index (χ3v) is 4.30. The summed E-state index contributed by atoms with van der Waals surface area (Å²) < 4.78 is 20.1. The summed E-state index contributed by atoms with van der Waals surface area (Å²) in [6, 6.07) is 0. The van der Waals surface area contributed by atoms with E-state index in [1.807, 2.05) is 0 Å². The standard InChI is InChI=1S/C13H24O13/c1-23-12-6(18)4(16)7(9(26-12)11(21)22)24-13-5(17)2(14)3(15)8(25-13)10(19)20/h2-22H,1H3/t2?,3-,4?,5?,6?,7-,8?,9?,12+,13+/m0/s1. The summed E-state index contributed by atoms with van der Waals surface area (Å²) in [4.78, 5) is 0. The van der Waals surface area contributed by atoms with Gasteiger partial charge in [-0.05, 0) is 0 Å². The molecule has 6 unspecified atom stereocenters. The first-order valence-corrected chi connectivity index (χ1v) is 7.72. The maximum Gasteiger partial charge on any atom is 0.187 e. The highest BCUT2D eigenvalue weighted by atomic mass is 16.7. The van der Waals surface area contributed by atoms with Gasteiger partial charge in [-0.3, -0.25) is 0 Å². The van der Waals surface area contributed by atoms with Crippen molar-refractivity contribution in [2.24, 2.45) is 0 Å². The van der Waals surface area contributed by atoms with E-state index < -0.39 is 74.0 Å². The molecule has 9 N–H and O–H groups in total. The molecule has 2 rings (SSSR count). The Labute approximate surface area is 147 Å². The third-order valence-electron chi connectivity index (χ3n) is 4.30. The van der Waals surface area contributed by atoms with Crippen LogP contribution in [-0.2, 0) is 18.9 Å². The predicted octanol–water partition coefficient (Wildman–Crippen LogP) is -6.11. The fourth-order valence-electron chi connectivity index (χ4n) is 2.84. The van der Waals surface area contributed by atoms with Gasteiger partial charge in [0.25, 0.3) is 0 Å². The van der Waals surface area contributed by atoms with Gasteiger partial charge in [0.2, 0.25) is 0 Å². The van der Waals surface area contributed by atoms with Crippen molar-refractivity contribution < 1.29 is 64.9 Å². The van der Waals surface area contributed by atoms with Crippen LogP contribution in [0.5, 0.6) is 0 Å². The lowest BCUT2D eigenvalue weighted by molar-refractivity contribution is -0.379. The molecule has 0 amide bonds. The number of aliphatic hydroxyl groups is 9. The summed E-state index contributed by atoms with van der Waals surface area (Å²) in [6.07, 6.45) is -21.9. The van der Waals surface area contributed by atoms with Crippen LogP contribution in [0.4, 0.5) is 0 Å². The predicted molar refractivity (Wildman–Crippen MR) is 75.7 cm³/mol. The molecule has 0 aromatic rings. The van der Waals surface area contributed by atoms with Gasteiger partial charge in [-0.1, -0.05) is 0 Å². The smallest absolute Gasteiger partial charge is 0.187 e. The van der Waals surface area contributed by atoms with E-state index in [1.54, 1.807) is 0 Å². The first-order chi connectivity index (χ1) is 12.1. The Morgan fingerprint density at radius 2 is 1.15 bits per heavy atom. The zero-order valence-electron chi connectivity index (χ0n) is 13.6. The quantitative estimate of drug-likeness (QED) is 0.200. The van der Waals surface area contributed by atoms with Crippen LogP contribution in [-0.4, -0.2) is 127 Å². The summed E-state index contributed by atoms with van der Waals surface area (Å²) in [5.41, 5.74) is 0. The van der Waals surface area contributed by atoms with Gasteiger partial charge < -0.3 is 64.9 Å². The van der Waals surface area contributed by atoms with E-state index in [0.29, 0.717) is 0 Å². The summed E-state index contributed by atoms with van der Waals surface area (Å²) >= 11 is 0. The van der Waals surface area contributed by atoms with Crippen LogP contribution < -0.4 is 0 Å². The zero-order valence-corrected chi connectivity index (χ0v) is 13.6. The van der Waals surface area contributed by atoms with Crippen LogP contribution >= 0.6 is 0 Å². The lowest BCUT2D eigenvalue weighted by Crippen LogP contribution is -2.66. The van der Waals surface area contributed by atoms with Gasteiger partial charge in [-0.25, -0.2) is 0 Å². The monoisotopic (exact) mass is 388 g/mol. The van der Waals surface area contributed by atoms with Gasteiger partial charge in [-0.2, -0.15) is 0 Å². The maximum atomic E-state index is 10.2. The second-order valence-electron chi connectivity index (χ2n) is 6.05. The highest BCUT2D eigenvalue weighted by molar-refractivity contribution is 4.95. The van der Waals surface area contributed by atoms with E-state index in [-0.39, 0.29) is 0 Å². The topological polar surface area (TPSA) is 219 Å². The summed E-state index contributed by atoms with van der Waals surface area (Å²) in [7, 11) is 1.14. The Hall–Kier alpha value is -0.520. The Morgan fingerprint density at radius 3 is 1.65 bits per heavy atom. The van der Waals surface area contributed by atoms with Crippen molar-refractivity contribution in [2.75, 3.05) is 7.11 Å². The van der Waals surface area contributed by atoms with E-state index >= 15 is 0 Å². The Bertz CT molecular complexity index is 448. The first kappa shape index (κ1) is 21.8. The molecule has 2 heterocycles. The second-order valence-corrected chi connectivity index (χ2v) is 6.05. The summed E-state index contributed by atoms with van der Waals surface area (Å²) in [5.74, 6) is 0. The van der Waals surface area contributed by atoms with Crippen LogP contribution in [0.15, 0.2) is 0 Å². The molecule has 13 heteroatoms. The Morgan fingerprint density at radius 1 is 0.654 bits per heavy atom. The molecule has 2 saturated heterocycles. The average Bonchev–Trinajstić information content (AvgIpc) is 2.58. The Balaban J connectivity index is 2.20. The van der Waals surface area contributed by atoms with Crippen molar-refractivity contribution >= 4 is 0 Å². The number of hydrogen-bond acceptors (Lipinski definition) is 13. The number of ether oxygens (including phenoxy) is 4. The minimum Gasteiger partial charge on any atom is -0.387 e. The molecule has 0 saturated carbocycles. The number of rotatable bonds is 5. The van der Waals surface area contributed by atoms with E-state index in [0.717, 1.165) is 7.11 Å². The Kier molecular flexibility index (Phi) is 7.25. The van der Waals surface area contributed by atoms with Gasteiger partial charge >= 0.3 is 0 Å². The minimum atomic E-state index is -2.24. The van der Waals surface area contributed by atoms with Crippen molar-refractivity contribution in [2.45, 2.75) is 74.0 Å². The molecular weight excluding hydrogens is 364 g/mol. The normalized spacial score (nSPS) is 47.5. The highest BCUT2D eigenvalue weighted by Gasteiger charge is 2.52. The molecule has 10 atom stereocenters. The SMILES string of the molecule is CO[C@@H]1OC(C(O)O)[C@@H](O[C@@H]2OC(C(O)O)[C@@H](O)C(O)C2O)C(O)C1O. The van der Waals surface area contributed by atoms with Gasteiger partial charge in [-0.15, -0.1) is 0 Å². The molecule has 2 aliphatic rings. The second kappa shape index (κ2) is 8.66. The fraction of sp³-hybridized carbons (Fsp3) is 1.00. The lowest BCUT2D eigenvalue weighted by atomic mass is 9.96. The van der Waals surface area contributed by atoms with Gasteiger partial charge in [0.1, 0.15) is 48.8 Å². The van der Waals surface area contributed by atoms with Crippen molar-refractivity contribution in [3.8, 4) is 0 Å². The molecule has 0 aliphatic carbocycles. The van der Waals surface area contributed by atoms with Crippen LogP contribution in [0.25, 0.3) is 0 Å². The molecule has 13 nitrogen and oxygen atoms in total. The van der Waals surface area contributed by atoms with Crippen LogP contribution in [0, 0.1) is 0 Å². The lowest BCUT2D eigenvalue weighted by Gasteiger charge is -2.46. The minimum absolute atomic E-state index is 1.14. The fourth-order valence-corrected chi connectivity index (χ4v) is 2.84. The molecule has 2 aliphatic heterocycles. The molecule has 0 spiro atoms. The number of methoxy groups -OCH3 is 1.